The molecular formula is C14H22ClN3O. The lowest BCUT2D eigenvalue weighted by molar-refractivity contribution is 0.323. The molecule has 0 saturated heterocycles. The third kappa shape index (κ3) is 3.30. The van der Waals surface area contributed by atoms with Gasteiger partial charge in [-0.1, -0.05) is 12.8 Å². The highest BCUT2D eigenvalue weighted by atomic mass is 35.5. The lowest BCUT2D eigenvalue weighted by Gasteiger charge is -2.30. The quantitative estimate of drug-likeness (QED) is 0.752. The molecule has 2 rings (SSSR count). The van der Waals surface area contributed by atoms with Crippen LogP contribution in [-0.2, 0) is 0 Å². The largest absolute Gasteiger partial charge is 0.478 e. The van der Waals surface area contributed by atoms with Crippen LogP contribution in [0.25, 0.3) is 0 Å². The molecule has 19 heavy (non-hydrogen) atoms. The molecule has 0 amide bonds. The van der Waals surface area contributed by atoms with Crippen LogP contribution in [0.1, 0.15) is 38.2 Å². The topological polar surface area (TPSA) is 38.3 Å². The Bertz CT molecular complexity index is 408. The molecule has 0 bridgehead atoms. The highest BCUT2D eigenvalue weighted by molar-refractivity contribution is 6.18. The second kappa shape index (κ2) is 6.94. The predicted molar refractivity (Wildman–Crippen MR) is 78.3 cm³/mol. The van der Waals surface area contributed by atoms with Crippen molar-refractivity contribution in [1.82, 2.24) is 9.97 Å². The van der Waals surface area contributed by atoms with Crippen molar-refractivity contribution in [3.05, 3.63) is 11.9 Å². The van der Waals surface area contributed by atoms with Gasteiger partial charge in [0.25, 0.3) is 0 Å². The molecule has 1 heterocycles. The fourth-order valence-electron chi connectivity index (χ4n) is 2.77. The molecule has 4 nitrogen and oxygen atoms in total. The summed E-state index contributed by atoms with van der Waals surface area (Å²) in [5.41, 5.74) is 1.02. The van der Waals surface area contributed by atoms with Crippen LogP contribution in [0.3, 0.4) is 0 Å². The van der Waals surface area contributed by atoms with Gasteiger partial charge in [-0.25, -0.2) is 9.97 Å². The van der Waals surface area contributed by atoms with E-state index in [1.165, 1.54) is 25.7 Å². The Morgan fingerprint density at radius 2 is 2.11 bits per heavy atom. The summed E-state index contributed by atoms with van der Waals surface area (Å²) >= 11 is 5.96. The average Bonchev–Trinajstić information content (AvgIpc) is 2.93. The van der Waals surface area contributed by atoms with Gasteiger partial charge in [-0.3, -0.25) is 0 Å². The van der Waals surface area contributed by atoms with Crippen LogP contribution >= 0.6 is 11.6 Å². The van der Waals surface area contributed by atoms with Crippen molar-refractivity contribution in [2.24, 2.45) is 0 Å². The van der Waals surface area contributed by atoms with Gasteiger partial charge in [0.1, 0.15) is 12.1 Å². The van der Waals surface area contributed by atoms with E-state index in [0.717, 1.165) is 17.9 Å². The molecule has 0 aromatic carbocycles. The van der Waals surface area contributed by atoms with E-state index in [1.807, 2.05) is 13.8 Å². The first-order valence-electron chi connectivity index (χ1n) is 7.05. The van der Waals surface area contributed by atoms with E-state index in [-0.39, 0.29) is 0 Å². The molecule has 5 heteroatoms. The van der Waals surface area contributed by atoms with E-state index in [0.29, 0.717) is 24.4 Å². The lowest BCUT2D eigenvalue weighted by atomic mass is 10.2. The Balaban J connectivity index is 2.27. The molecule has 1 aromatic heterocycles. The average molecular weight is 284 g/mol. The minimum Gasteiger partial charge on any atom is -0.478 e. The monoisotopic (exact) mass is 283 g/mol. The fraction of sp³-hybridized carbons (Fsp3) is 0.714. The summed E-state index contributed by atoms with van der Waals surface area (Å²) < 4.78 is 5.56. The van der Waals surface area contributed by atoms with Crippen molar-refractivity contribution in [3.8, 4) is 5.88 Å². The molecule has 0 atom stereocenters. The van der Waals surface area contributed by atoms with Gasteiger partial charge in [-0.15, -0.1) is 11.6 Å². The van der Waals surface area contributed by atoms with Gasteiger partial charge in [0.2, 0.25) is 5.88 Å². The molecule has 0 spiro atoms. The van der Waals surface area contributed by atoms with E-state index in [4.69, 9.17) is 16.3 Å². The third-order valence-electron chi connectivity index (χ3n) is 3.66. The Labute approximate surface area is 120 Å². The van der Waals surface area contributed by atoms with Crippen molar-refractivity contribution in [2.45, 2.75) is 45.6 Å². The van der Waals surface area contributed by atoms with Crippen molar-refractivity contribution < 1.29 is 4.74 Å². The molecule has 0 aliphatic heterocycles. The van der Waals surface area contributed by atoms with Crippen LogP contribution in [0.15, 0.2) is 6.33 Å². The van der Waals surface area contributed by atoms with Crippen LogP contribution in [0.4, 0.5) is 5.82 Å². The normalized spacial score (nSPS) is 15.7. The number of halogens is 1. The Morgan fingerprint density at radius 3 is 2.74 bits per heavy atom. The van der Waals surface area contributed by atoms with Gasteiger partial charge < -0.3 is 9.64 Å². The molecule has 1 saturated carbocycles. The highest BCUT2D eigenvalue weighted by Crippen LogP contribution is 2.31. The van der Waals surface area contributed by atoms with Crippen LogP contribution in [-0.4, -0.2) is 35.0 Å². The number of rotatable bonds is 6. The standard InChI is InChI=1S/C14H22ClN3O/c1-3-19-14-11(2)13(16-10-17-14)18(9-8-15)12-6-4-5-7-12/h10,12H,3-9H2,1-2H3. The first-order valence-corrected chi connectivity index (χ1v) is 7.58. The zero-order valence-corrected chi connectivity index (χ0v) is 12.5. The first kappa shape index (κ1) is 14.4. The smallest absolute Gasteiger partial charge is 0.221 e. The second-order valence-corrected chi connectivity index (χ2v) is 5.26. The summed E-state index contributed by atoms with van der Waals surface area (Å²) in [5.74, 6) is 2.28. The molecule has 1 aromatic rings. The van der Waals surface area contributed by atoms with Crippen LogP contribution < -0.4 is 9.64 Å². The number of ether oxygens (including phenoxy) is 1. The summed E-state index contributed by atoms with van der Waals surface area (Å²) in [6.07, 6.45) is 6.63. The summed E-state index contributed by atoms with van der Waals surface area (Å²) in [6.45, 7) is 5.44. The SMILES string of the molecule is CCOc1ncnc(N(CCCl)C2CCCC2)c1C. The number of anilines is 1. The molecule has 1 aliphatic rings. The zero-order chi connectivity index (χ0) is 13.7. The number of hydrogen-bond acceptors (Lipinski definition) is 4. The van der Waals surface area contributed by atoms with Gasteiger partial charge in [0.15, 0.2) is 0 Å². The van der Waals surface area contributed by atoms with Gasteiger partial charge in [-0.2, -0.15) is 0 Å². The molecule has 0 radical (unpaired) electrons. The number of hydrogen-bond donors (Lipinski definition) is 0. The second-order valence-electron chi connectivity index (χ2n) is 4.88. The maximum absolute atomic E-state index is 5.96. The van der Waals surface area contributed by atoms with Crippen molar-refractivity contribution in [1.29, 1.82) is 0 Å². The van der Waals surface area contributed by atoms with E-state index in [2.05, 4.69) is 14.9 Å². The first-order chi connectivity index (χ1) is 9.27. The molecule has 0 unspecified atom stereocenters. The Hall–Kier alpha value is -1.03. The van der Waals surface area contributed by atoms with Gasteiger partial charge in [0.05, 0.1) is 12.2 Å². The maximum atomic E-state index is 5.96. The highest BCUT2D eigenvalue weighted by Gasteiger charge is 2.25. The van der Waals surface area contributed by atoms with Crippen molar-refractivity contribution >= 4 is 17.4 Å². The Kier molecular flexibility index (Phi) is 5.25. The molecule has 1 aliphatic carbocycles. The van der Waals surface area contributed by atoms with Crippen molar-refractivity contribution in [3.63, 3.8) is 0 Å². The molecular weight excluding hydrogens is 262 g/mol. The minimum absolute atomic E-state index is 0.557. The summed E-state index contributed by atoms with van der Waals surface area (Å²) in [7, 11) is 0. The predicted octanol–water partition coefficient (Wildman–Crippen LogP) is 3.17. The van der Waals surface area contributed by atoms with Crippen LogP contribution in [0, 0.1) is 6.92 Å². The number of aromatic nitrogens is 2. The third-order valence-corrected chi connectivity index (χ3v) is 3.82. The minimum atomic E-state index is 0.557. The number of alkyl halides is 1. The maximum Gasteiger partial charge on any atom is 0.221 e. The van der Waals surface area contributed by atoms with E-state index < -0.39 is 0 Å². The van der Waals surface area contributed by atoms with E-state index >= 15 is 0 Å². The molecule has 1 fully saturated rings. The van der Waals surface area contributed by atoms with E-state index in [1.54, 1.807) is 6.33 Å². The molecule has 0 N–H and O–H groups in total. The van der Waals surface area contributed by atoms with Crippen LogP contribution in [0.2, 0.25) is 0 Å². The van der Waals surface area contributed by atoms with Crippen LogP contribution in [0.5, 0.6) is 5.88 Å². The van der Waals surface area contributed by atoms with E-state index in [9.17, 15) is 0 Å². The van der Waals surface area contributed by atoms with Gasteiger partial charge in [-0.05, 0) is 26.7 Å². The van der Waals surface area contributed by atoms with Gasteiger partial charge in [0, 0.05) is 18.5 Å². The summed E-state index contributed by atoms with van der Waals surface area (Å²) in [4.78, 5) is 11.0. The fourth-order valence-corrected chi connectivity index (χ4v) is 2.95. The Morgan fingerprint density at radius 1 is 1.37 bits per heavy atom. The summed E-state index contributed by atoms with van der Waals surface area (Å²) in [5, 5.41) is 0. The lowest BCUT2D eigenvalue weighted by Crippen LogP contribution is -2.36. The van der Waals surface area contributed by atoms with Gasteiger partial charge >= 0.3 is 0 Å². The number of nitrogens with zero attached hydrogens (tertiary/aromatic N) is 3. The zero-order valence-electron chi connectivity index (χ0n) is 11.7. The van der Waals surface area contributed by atoms with Crippen molar-refractivity contribution in [2.75, 3.05) is 23.9 Å². The molecule has 106 valence electrons. The summed E-state index contributed by atoms with van der Waals surface area (Å²) in [6, 6.07) is 0.557.